The molecule has 1 aromatic heterocycles. The normalized spacial score (nSPS) is 14.5. The number of rotatable bonds is 6. The first kappa shape index (κ1) is 15.2. The maximum atomic E-state index is 11.6. The summed E-state index contributed by atoms with van der Waals surface area (Å²) in [6, 6.07) is 8.77. The van der Waals surface area contributed by atoms with Crippen LogP contribution in [0.25, 0.3) is 6.08 Å². The molecule has 0 spiro atoms. The summed E-state index contributed by atoms with van der Waals surface area (Å²) in [5.41, 5.74) is 0. The number of ether oxygens (including phenoxy) is 1. The Bertz CT molecular complexity index is 694. The highest BCUT2D eigenvalue weighted by Gasteiger charge is 2.27. The van der Waals surface area contributed by atoms with Crippen LogP contribution in [0.2, 0.25) is 10.0 Å². The smallest absolute Gasteiger partial charge is 0.158 e. The summed E-state index contributed by atoms with van der Waals surface area (Å²) in [4.78, 5) is 11.6. The highest BCUT2D eigenvalue weighted by atomic mass is 35.5. The van der Waals surface area contributed by atoms with E-state index in [1.807, 2.05) is 0 Å². The van der Waals surface area contributed by atoms with Gasteiger partial charge in [0.05, 0.1) is 10.0 Å². The quantitative estimate of drug-likeness (QED) is 0.684. The molecule has 0 saturated heterocycles. The third-order valence-corrected chi connectivity index (χ3v) is 3.95. The van der Waals surface area contributed by atoms with E-state index in [9.17, 15) is 4.79 Å². The molecule has 0 radical (unpaired) electrons. The predicted octanol–water partition coefficient (Wildman–Crippen LogP) is 5.16. The van der Waals surface area contributed by atoms with Gasteiger partial charge in [-0.25, -0.2) is 0 Å². The van der Waals surface area contributed by atoms with Crippen LogP contribution in [0.4, 0.5) is 0 Å². The van der Waals surface area contributed by atoms with E-state index < -0.39 is 0 Å². The average molecular weight is 337 g/mol. The molecule has 1 saturated carbocycles. The number of para-hydroxylation sites is 1. The van der Waals surface area contributed by atoms with E-state index in [1.165, 1.54) is 0 Å². The molecule has 1 heterocycles. The monoisotopic (exact) mass is 336 g/mol. The fourth-order valence-electron chi connectivity index (χ4n) is 1.99. The van der Waals surface area contributed by atoms with Crippen LogP contribution in [0.3, 0.4) is 0 Å². The van der Waals surface area contributed by atoms with Crippen LogP contribution in [-0.4, -0.2) is 5.78 Å². The van der Waals surface area contributed by atoms with Crippen molar-refractivity contribution in [1.82, 2.24) is 0 Å². The molecule has 0 aliphatic heterocycles. The van der Waals surface area contributed by atoms with Gasteiger partial charge in [0.25, 0.3) is 0 Å². The molecule has 114 valence electrons. The Hall–Kier alpha value is -1.71. The second-order valence-corrected chi connectivity index (χ2v) is 5.97. The van der Waals surface area contributed by atoms with Gasteiger partial charge in [-0.05, 0) is 49.3 Å². The van der Waals surface area contributed by atoms with Crippen LogP contribution in [0.1, 0.15) is 24.4 Å². The second-order valence-electron chi connectivity index (χ2n) is 5.15. The van der Waals surface area contributed by atoms with Gasteiger partial charge in [0.2, 0.25) is 0 Å². The Kier molecular flexibility index (Phi) is 4.55. The Morgan fingerprint density at radius 3 is 2.64 bits per heavy atom. The lowest BCUT2D eigenvalue weighted by atomic mass is 10.2. The largest absolute Gasteiger partial charge is 0.483 e. The molecule has 1 aliphatic carbocycles. The van der Waals surface area contributed by atoms with Crippen molar-refractivity contribution in [3.05, 3.63) is 58.0 Å². The number of benzene rings is 1. The van der Waals surface area contributed by atoms with E-state index in [-0.39, 0.29) is 18.3 Å². The number of hydrogen-bond donors (Lipinski definition) is 0. The predicted molar refractivity (Wildman–Crippen MR) is 86.3 cm³/mol. The van der Waals surface area contributed by atoms with Gasteiger partial charge in [-0.2, -0.15) is 0 Å². The van der Waals surface area contributed by atoms with Gasteiger partial charge in [0.1, 0.15) is 18.1 Å². The maximum Gasteiger partial charge on any atom is 0.158 e. The van der Waals surface area contributed by atoms with Crippen molar-refractivity contribution in [2.24, 2.45) is 5.92 Å². The third kappa shape index (κ3) is 3.73. The fourth-order valence-corrected chi connectivity index (χ4v) is 2.50. The molecule has 0 amide bonds. The van der Waals surface area contributed by atoms with Gasteiger partial charge in [-0.3, -0.25) is 4.79 Å². The van der Waals surface area contributed by atoms with E-state index in [0.717, 1.165) is 12.8 Å². The molecule has 1 aromatic carbocycles. The minimum atomic E-state index is 0.164. The van der Waals surface area contributed by atoms with Crippen LogP contribution in [0.5, 0.6) is 5.75 Å². The molecule has 0 N–H and O–H groups in total. The van der Waals surface area contributed by atoms with E-state index in [2.05, 4.69) is 0 Å². The van der Waals surface area contributed by atoms with Crippen molar-refractivity contribution in [2.75, 3.05) is 0 Å². The highest BCUT2D eigenvalue weighted by Crippen LogP contribution is 2.33. The number of carbonyl (C=O) groups is 1. The van der Waals surface area contributed by atoms with E-state index in [1.54, 1.807) is 42.5 Å². The molecule has 0 unspecified atom stereocenters. The summed E-state index contributed by atoms with van der Waals surface area (Å²) in [5.74, 6) is 2.07. The van der Waals surface area contributed by atoms with Crippen molar-refractivity contribution in [2.45, 2.75) is 19.4 Å². The molecular weight excluding hydrogens is 323 g/mol. The maximum absolute atomic E-state index is 11.6. The van der Waals surface area contributed by atoms with Crippen molar-refractivity contribution < 1.29 is 13.9 Å². The van der Waals surface area contributed by atoms with Crippen LogP contribution in [0.15, 0.2) is 40.8 Å². The number of halogens is 2. The van der Waals surface area contributed by atoms with Crippen LogP contribution < -0.4 is 4.74 Å². The molecular formula is C17H14Cl2O3. The first-order chi connectivity index (χ1) is 10.6. The molecule has 1 aliphatic rings. The molecule has 5 heteroatoms. The SMILES string of the molecule is O=C(/C=C/c1ccc(COc2c(Cl)cccc2Cl)o1)C1CC1. The Labute approximate surface area is 138 Å². The zero-order valence-electron chi connectivity index (χ0n) is 11.7. The van der Waals surface area contributed by atoms with Crippen LogP contribution in [0, 0.1) is 5.92 Å². The van der Waals surface area contributed by atoms with Crippen molar-refractivity contribution in [1.29, 1.82) is 0 Å². The number of carbonyl (C=O) groups excluding carboxylic acids is 1. The zero-order chi connectivity index (χ0) is 15.5. The molecule has 3 rings (SSSR count). The summed E-state index contributed by atoms with van der Waals surface area (Å²) in [5, 5.41) is 0.906. The van der Waals surface area contributed by atoms with Gasteiger partial charge in [-0.15, -0.1) is 0 Å². The Balaban J connectivity index is 1.61. The lowest BCUT2D eigenvalue weighted by molar-refractivity contribution is -0.115. The van der Waals surface area contributed by atoms with Gasteiger partial charge in [0.15, 0.2) is 11.5 Å². The number of ketones is 1. The van der Waals surface area contributed by atoms with E-state index in [4.69, 9.17) is 32.4 Å². The van der Waals surface area contributed by atoms with Gasteiger partial charge >= 0.3 is 0 Å². The first-order valence-corrected chi connectivity index (χ1v) is 7.76. The summed E-state index contributed by atoms with van der Waals surface area (Å²) in [6.07, 6.45) is 5.26. The highest BCUT2D eigenvalue weighted by molar-refractivity contribution is 6.37. The average Bonchev–Trinajstić information content (AvgIpc) is 3.25. The van der Waals surface area contributed by atoms with E-state index >= 15 is 0 Å². The van der Waals surface area contributed by atoms with E-state index in [0.29, 0.717) is 27.3 Å². The topological polar surface area (TPSA) is 39.4 Å². The molecule has 0 bridgehead atoms. The number of furan rings is 1. The first-order valence-electron chi connectivity index (χ1n) is 7.01. The summed E-state index contributed by atoms with van der Waals surface area (Å²) in [7, 11) is 0. The molecule has 2 aromatic rings. The number of hydrogen-bond acceptors (Lipinski definition) is 3. The summed E-state index contributed by atoms with van der Waals surface area (Å²) >= 11 is 12.1. The minimum absolute atomic E-state index is 0.164. The molecule has 0 atom stereocenters. The van der Waals surface area contributed by atoms with Crippen molar-refractivity contribution in [3.63, 3.8) is 0 Å². The second kappa shape index (κ2) is 6.59. The summed E-state index contributed by atoms with van der Waals surface area (Å²) in [6.45, 7) is 0.216. The molecule has 1 fully saturated rings. The van der Waals surface area contributed by atoms with Crippen molar-refractivity contribution >= 4 is 35.1 Å². The van der Waals surface area contributed by atoms with Gasteiger partial charge < -0.3 is 9.15 Å². The van der Waals surface area contributed by atoms with Crippen LogP contribution >= 0.6 is 23.2 Å². The van der Waals surface area contributed by atoms with Gasteiger partial charge in [-0.1, -0.05) is 29.3 Å². The molecule has 22 heavy (non-hydrogen) atoms. The van der Waals surface area contributed by atoms with Crippen LogP contribution in [-0.2, 0) is 11.4 Å². The Morgan fingerprint density at radius 1 is 1.23 bits per heavy atom. The zero-order valence-corrected chi connectivity index (χ0v) is 13.2. The fraction of sp³-hybridized carbons (Fsp3) is 0.235. The lowest BCUT2D eigenvalue weighted by Crippen LogP contribution is -1.95. The molecule has 3 nitrogen and oxygen atoms in total. The minimum Gasteiger partial charge on any atom is -0.483 e. The lowest BCUT2D eigenvalue weighted by Gasteiger charge is -2.07. The third-order valence-electron chi connectivity index (χ3n) is 3.35. The Morgan fingerprint density at radius 2 is 1.95 bits per heavy atom. The van der Waals surface area contributed by atoms with Crippen molar-refractivity contribution in [3.8, 4) is 5.75 Å². The number of allylic oxidation sites excluding steroid dienone is 1. The standard InChI is InChI=1S/C17H14Cl2O3/c18-14-2-1-3-15(19)17(14)21-10-13-7-6-12(22-13)8-9-16(20)11-4-5-11/h1-3,6-9,11H,4-5,10H2/b9-8+. The van der Waals surface area contributed by atoms with Gasteiger partial charge in [0, 0.05) is 5.92 Å². The summed E-state index contributed by atoms with van der Waals surface area (Å²) < 4.78 is 11.2.